The van der Waals surface area contributed by atoms with Crippen LogP contribution >= 0.6 is 11.6 Å². The average Bonchev–Trinajstić information content (AvgIpc) is 2.54. The number of esters is 1. The third kappa shape index (κ3) is 2.81. The van der Waals surface area contributed by atoms with E-state index < -0.39 is 11.9 Å². The zero-order valence-electron chi connectivity index (χ0n) is 12.3. The normalized spacial score (nSPS) is 12.0. The minimum absolute atomic E-state index is 0.0346. The maximum absolute atomic E-state index is 11.9. The summed E-state index contributed by atoms with van der Waals surface area (Å²) < 4.78 is 4.90. The number of fused-ring (bicyclic) bond motifs is 2. The first-order chi connectivity index (χ1) is 11.1. The largest absolute Gasteiger partial charge is 0.465 e. The Labute approximate surface area is 137 Å². The van der Waals surface area contributed by atoms with Crippen molar-refractivity contribution in [3.8, 4) is 6.07 Å². The highest BCUT2D eigenvalue weighted by Crippen LogP contribution is 2.27. The van der Waals surface area contributed by atoms with Gasteiger partial charge < -0.3 is 4.74 Å². The molecule has 0 spiro atoms. The summed E-state index contributed by atoms with van der Waals surface area (Å²) in [6.07, 6.45) is 0. The SMILES string of the molecule is CCOC(=O)C(C#N)c1nc2cc3ccccc3cc2nc1Cl. The van der Waals surface area contributed by atoms with Crippen LogP contribution in [0.4, 0.5) is 0 Å². The van der Waals surface area contributed by atoms with Gasteiger partial charge in [0.2, 0.25) is 0 Å². The lowest BCUT2D eigenvalue weighted by Gasteiger charge is -2.10. The lowest BCUT2D eigenvalue weighted by Crippen LogP contribution is -2.16. The molecule has 1 unspecified atom stereocenters. The van der Waals surface area contributed by atoms with Gasteiger partial charge in [-0.05, 0) is 29.8 Å². The Kier molecular flexibility index (Phi) is 4.09. The van der Waals surface area contributed by atoms with Crippen LogP contribution in [0.25, 0.3) is 21.8 Å². The third-order valence-electron chi connectivity index (χ3n) is 3.44. The summed E-state index contributed by atoms with van der Waals surface area (Å²) in [6, 6.07) is 13.4. The second-order valence-corrected chi connectivity index (χ2v) is 5.26. The van der Waals surface area contributed by atoms with Crippen LogP contribution in [0.5, 0.6) is 0 Å². The molecular weight excluding hydrogens is 314 g/mol. The number of hydrogen-bond acceptors (Lipinski definition) is 5. The van der Waals surface area contributed by atoms with Gasteiger partial charge in [0.15, 0.2) is 11.1 Å². The summed E-state index contributed by atoms with van der Waals surface area (Å²) in [4.78, 5) is 20.6. The van der Waals surface area contributed by atoms with E-state index in [1.165, 1.54) is 0 Å². The average molecular weight is 326 g/mol. The highest BCUT2D eigenvalue weighted by atomic mass is 35.5. The first-order valence-electron chi connectivity index (χ1n) is 7.06. The monoisotopic (exact) mass is 325 g/mol. The van der Waals surface area contributed by atoms with Crippen LogP contribution < -0.4 is 0 Å². The van der Waals surface area contributed by atoms with E-state index in [1.54, 1.807) is 6.92 Å². The number of hydrogen-bond donors (Lipinski definition) is 0. The summed E-state index contributed by atoms with van der Waals surface area (Å²) >= 11 is 6.14. The van der Waals surface area contributed by atoms with Crippen LogP contribution in [0.3, 0.4) is 0 Å². The maximum atomic E-state index is 11.9. The van der Waals surface area contributed by atoms with Crippen molar-refractivity contribution < 1.29 is 9.53 Å². The number of carbonyl (C=O) groups excluding carboxylic acids is 1. The quantitative estimate of drug-likeness (QED) is 0.543. The topological polar surface area (TPSA) is 75.9 Å². The molecule has 114 valence electrons. The molecule has 0 fully saturated rings. The standard InChI is InChI=1S/C17H12ClN3O2/c1-2-23-17(22)12(9-19)15-16(18)21-14-8-11-6-4-3-5-10(11)7-13(14)20-15/h3-8,12H,2H2,1H3. The first-order valence-corrected chi connectivity index (χ1v) is 7.44. The molecule has 1 aromatic heterocycles. The van der Waals surface area contributed by atoms with Gasteiger partial charge in [-0.2, -0.15) is 5.26 Å². The summed E-state index contributed by atoms with van der Waals surface area (Å²) in [5, 5.41) is 11.3. The van der Waals surface area contributed by atoms with Gasteiger partial charge in [0, 0.05) is 0 Å². The van der Waals surface area contributed by atoms with Crippen molar-refractivity contribution in [2.24, 2.45) is 0 Å². The molecule has 0 radical (unpaired) electrons. The van der Waals surface area contributed by atoms with Gasteiger partial charge in [-0.25, -0.2) is 9.97 Å². The van der Waals surface area contributed by atoms with Crippen LogP contribution in [0.1, 0.15) is 18.5 Å². The van der Waals surface area contributed by atoms with E-state index in [1.807, 2.05) is 42.5 Å². The van der Waals surface area contributed by atoms with Crippen molar-refractivity contribution in [2.75, 3.05) is 6.61 Å². The fourth-order valence-corrected chi connectivity index (χ4v) is 2.61. The molecule has 0 amide bonds. The molecule has 0 bridgehead atoms. The highest BCUT2D eigenvalue weighted by Gasteiger charge is 2.27. The molecule has 5 nitrogen and oxygen atoms in total. The van der Waals surface area contributed by atoms with E-state index in [0.717, 1.165) is 10.8 Å². The lowest BCUT2D eigenvalue weighted by atomic mass is 10.1. The van der Waals surface area contributed by atoms with E-state index in [2.05, 4.69) is 9.97 Å². The van der Waals surface area contributed by atoms with Crippen LogP contribution in [-0.4, -0.2) is 22.5 Å². The van der Waals surface area contributed by atoms with Crippen LogP contribution in [-0.2, 0) is 9.53 Å². The summed E-state index contributed by atoms with van der Waals surface area (Å²) in [6.45, 7) is 1.85. The Morgan fingerprint density at radius 2 is 1.87 bits per heavy atom. The minimum atomic E-state index is -1.19. The van der Waals surface area contributed by atoms with Gasteiger partial charge in [-0.15, -0.1) is 0 Å². The van der Waals surface area contributed by atoms with Crippen molar-refractivity contribution >= 4 is 39.4 Å². The molecule has 0 N–H and O–H groups in total. The molecule has 3 aromatic rings. The Morgan fingerprint density at radius 3 is 2.43 bits per heavy atom. The van der Waals surface area contributed by atoms with E-state index in [0.29, 0.717) is 11.0 Å². The Balaban J connectivity index is 2.18. The summed E-state index contributed by atoms with van der Waals surface area (Å²) in [5.74, 6) is -1.86. The number of halogens is 1. The van der Waals surface area contributed by atoms with Gasteiger partial charge >= 0.3 is 5.97 Å². The number of carbonyl (C=O) groups is 1. The van der Waals surface area contributed by atoms with E-state index in [9.17, 15) is 10.1 Å². The van der Waals surface area contributed by atoms with Crippen molar-refractivity contribution in [3.05, 3.63) is 47.2 Å². The van der Waals surface area contributed by atoms with Crippen molar-refractivity contribution in [3.63, 3.8) is 0 Å². The molecule has 1 atom stereocenters. The minimum Gasteiger partial charge on any atom is -0.465 e. The maximum Gasteiger partial charge on any atom is 0.329 e. The number of rotatable bonds is 3. The number of ether oxygens (including phenoxy) is 1. The third-order valence-corrected chi connectivity index (χ3v) is 3.72. The molecule has 0 aliphatic carbocycles. The van der Waals surface area contributed by atoms with Gasteiger partial charge in [0.05, 0.1) is 23.7 Å². The highest BCUT2D eigenvalue weighted by molar-refractivity contribution is 6.30. The van der Waals surface area contributed by atoms with Gasteiger partial charge in [0.1, 0.15) is 5.69 Å². The molecule has 0 saturated heterocycles. The zero-order valence-corrected chi connectivity index (χ0v) is 13.0. The van der Waals surface area contributed by atoms with E-state index in [4.69, 9.17) is 16.3 Å². The van der Waals surface area contributed by atoms with Crippen molar-refractivity contribution in [1.29, 1.82) is 5.26 Å². The van der Waals surface area contributed by atoms with E-state index >= 15 is 0 Å². The Bertz CT molecular complexity index is 950. The van der Waals surface area contributed by atoms with Crippen LogP contribution in [0, 0.1) is 11.3 Å². The molecular formula is C17H12ClN3O2. The molecule has 3 rings (SSSR count). The fraction of sp³-hybridized carbons (Fsp3) is 0.176. The van der Waals surface area contributed by atoms with E-state index in [-0.39, 0.29) is 17.5 Å². The fourth-order valence-electron chi connectivity index (χ4n) is 2.37. The van der Waals surface area contributed by atoms with Gasteiger partial charge in [-0.3, -0.25) is 4.79 Å². The molecule has 23 heavy (non-hydrogen) atoms. The van der Waals surface area contributed by atoms with Crippen LogP contribution in [0.15, 0.2) is 36.4 Å². The first kappa shape index (κ1) is 15.2. The second-order valence-electron chi connectivity index (χ2n) is 4.90. The predicted molar refractivity (Wildman–Crippen MR) is 87.0 cm³/mol. The molecule has 1 heterocycles. The number of aromatic nitrogens is 2. The molecule has 6 heteroatoms. The van der Waals surface area contributed by atoms with Gasteiger partial charge in [-0.1, -0.05) is 35.9 Å². The van der Waals surface area contributed by atoms with Crippen LogP contribution in [0.2, 0.25) is 5.15 Å². The van der Waals surface area contributed by atoms with Crippen molar-refractivity contribution in [2.45, 2.75) is 12.8 Å². The Hall–Kier alpha value is -2.71. The van der Waals surface area contributed by atoms with Crippen molar-refractivity contribution in [1.82, 2.24) is 9.97 Å². The number of nitrogens with zero attached hydrogens (tertiary/aromatic N) is 3. The summed E-state index contributed by atoms with van der Waals surface area (Å²) in [5.41, 5.74) is 1.31. The lowest BCUT2D eigenvalue weighted by molar-refractivity contribution is -0.143. The predicted octanol–water partition coefficient (Wildman–Crippen LogP) is 3.61. The Morgan fingerprint density at radius 1 is 1.26 bits per heavy atom. The molecule has 0 aliphatic heterocycles. The molecule has 0 aliphatic rings. The molecule has 2 aromatic carbocycles. The zero-order chi connectivity index (χ0) is 16.4. The number of nitriles is 1. The van der Waals surface area contributed by atoms with Gasteiger partial charge in [0.25, 0.3) is 0 Å². The molecule has 0 saturated carbocycles. The number of benzene rings is 2. The second kappa shape index (κ2) is 6.19. The summed E-state index contributed by atoms with van der Waals surface area (Å²) in [7, 11) is 0. The smallest absolute Gasteiger partial charge is 0.329 e.